The summed E-state index contributed by atoms with van der Waals surface area (Å²) in [6.45, 7) is 4.03. The van der Waals surface area contributed by atoms with Gasteiger partial charge in [0, 0.05) is 21.0 Å². The summed E-state index contributed by atoms with van der Waals surface area (Å²) in [6.07, 6.45) is 1.58. The third kappa shape index (κ3) is 3.70. The molecule has 1 aromatic heterocycles. The quantitative estimate of drug-likeness (QED) is 0.639. The number of benzene rings is 2. The van der Waals surface area contributed by atoms with Gasteiger partial charge in [-0.15, -0.1) is 0 Å². The first-order chi connectivity index (χ1) is 11.8. The number of carboxylic acids is 1. The molecule has 2 aromatic carbocycles. The van der Waals surface area contributed by atoms with E-state index in [0.29, 0.717) is 22.3 Å². The van der Waals surface area contributed by atoms with Gasteiger partial charge in [0.2, 0.25) is 0 Å². The fraction of sp³-hybridized carbons (Fsp3) is 0.158. The van der Waals surface area contributed by atoms with Crippen molar-refractivity contribution in [2.45, 2.75) is 20.4 Å². The van der Waals surface area contributed by atoms with E-state index in [9.17, 15) is 4.79 Å². The Bertz CT molecular complexity index is 1010. The highest BCUT2D eigenvalue weighted by Crippen LogP contribution is 2.26. The Morgan fingerprint density at radius 3 is 2.68 bits per heavy atom. The van der Waals surface area contributed by atoms with Crippen molar-refractivity contribution in [3.8, 4) is 0 Å². The Morgan fingerprint density at radius 1 is 1.24 bits per heavy atom. The van der Waals surface area contributed by atoms with Crippen molar-refractivity contribution in [2.24, 2.45) is 0 Å². The van der Waals surface area contributed by atoms with Crippen LogP contribution in [0.5, 0.6) is 0 Å². The average Bonchev–Trinajstić information content (AvgIpc) is 2.87. The lowest BCUT2D eigenvalue weighted by Gasteiger charge is -2.07. The van der Waals surface area contributed by atoms with E-state index >= 15 is 0 Å². The Morgan fingerprint density at radius 2 is 2.00 bits per heavy atom. The van der Waals surface area contributed by atoms with Crippen LogP contribution in [0, 0.1) is 6.92 Å². The molecule has 3 rings (SSSR count). The second-order valence-electron chi connectivity index (χ2n) is 5.93. The SMILES string of the molecule is C/C(=C\c1nn(Cc2ccc(Cl)cc2Cl)c2cc(C)ccc12)C(=O)O. The van der Waals surface area contributed by atoms with E-state index in [2.05, 4.69) is 5.10 Å². The van der Waals surface area contributed by atoms with Gasteiger partial charge in [0.05, 0.1) is 17.8 Å². The van der Waals surface area contributed by atoms with Gasteiger partial charge in [-0.3, -0.25) is 4.68 Å². The number of rotatable bonds is 4. The van der Waals surface area contributed by atoms with E-state index < -0.39 is 5.97 Å². The molecule has 0 atom stereocenters. The maximum atomic E-state index is 11.1. The molecule has 1 heterocycles. The molecule has 0 saturated heterocycles. The molecular weight excluding hydrogens is 359 g/mol. The summed E-state index contributed by atoms with van der Waals surface area (Å²) in [4.78, 5) is 11.1. The Kier molecular flexibility index (Phi) is 4.84. The van der Waals surface area contributed by atoms with Gasteiger partial charge in [0.15, 0.2) is 0 Å². The van der Waals surface area contributed by atoms with Crippen LogP contribution >= 0.6 is 23.2 Å². The molecule has 0 unspecified atom stereocenters. The maximum Gasteiger partial charge on any atom is 0.331 e. The number of aliphatic carboxylic acids is 1. The molecule has 0 aliphatic rings. The molecule has 0 aliphatic heterocycles. The van der Waals surface area contributed by atoms with Crippen LogP contribution in [-0.2, 0) is 11.3 Å². The molecule has 1 N–H and O–H groups in total. The minimum absolute atomic E-state index is 0.233. The molecule has 0 fully saturated rings. The van der Waals surface area contributed by atoms with Crippen molar-refractivity contribution < 1.29 is 9.90 Å². The lowest BCUT2D eigenvalue weighted by Crippen LogP contribution is -2.03. The number of hydrogen-bond acceptors (Lipinski definition) is 2. The van der Waals surface area contributed by atoms with Crippen molar-refractivity contribution in [1.29, 1.82) is 0 Å². The van der Waals surface area contributed by atoms with Gasteiger partial charge in [-0.05, 0) is 49.2 Å². The summed E-state index contributed by atoms with van der Waals surface area (Å²) >= 11 is 12.2. The second kappa shape index (κ2) is 6.90. The molecule has 3 aromatic rings. The largest absolute Gasteiger partial charge is 0.478 e. The van der Waals surface area contributed by atoms with Crippen LogP contribution in [0.25, 0.3) is 17.0 Å². The van der Waals surface area contributed by atoms with Crippen molar-refractivity contribution >= 4 is 46.2 Å². The summed E-state index contributed by atoms with van der Waals surface area (Å²) < 4.78 is 1.83. The summed E-state index contributed by atoms with van der Waals surface area (Å²) in [7, 11) is 0. The van der Waals surface area contributed by atoms with Gasteiger partial charge in [-0.25, -0.2) is 4.79 Å². The summed E-state index contributed by atoms with van der Waals surface area (Å²) in [5.41, 5.74) is 3.77. The van der Waals surface area contributed by atoms with Crippen LogP contribution < -0.4 is 0 Å². The number of nitrogens with zero attached hydrogens (tertiary/aromatic N) is 2. The summed E-state index contributed by atoms with van der Waals surface area (Å²) in [5.74, 6) is -0.962. The monoisotopic (exact) mass is 374 g/mol. The highest BCUT2D eigenvalue weighted by molar-refractivity contribution is 6.35. The lowest BCUT2D eigenvalue weighted by molar-refractivity contribution is -0.132. The molecule has 0 amide bonds. The van der Waals surface area contributed by atoms with Crippen molar-refractivity contribution in [2.75, 3.05) is 0 Å². The number of carbonyl (C=O) groups is 1. The van der Waals surface area contributed by atoms with E-state index in [1.807, 2.05) is 35.9 Å². The van der Waals surface area contributed by atoms with Crippen molar-refractivity contribution in [3.05, 3.63) is 68.8 Å². The number of aromatic nitrogens is 2. The highest BCUT2D eigenvalue weighted by Gasteiger charge is 2.12. The Labute approximate surface area is 155 Å². The minimum Gasteiger partial charge on any atom is -0.478 e. The van der Waals surface area contributed by atoms with Crippen LogP contribution in [0.2, 0.25) is 10.0 Å². The van der Waals surface area contributed by atoms with Crippen LogP contribution in [0.1, 0.15) is 23.7 Å². The number of fused-ring (bicyclic) bond motifs is 1. The lowest BCUT2D eigenvalue weighted by atomic mass is 10.1. The normalized spacial score (nSPS) is 11.9. The number of aryl methyl sites for hydroxylation is 1. The van der Waals surface area contributed by atoms with Gasteiger partial charge in [0.25, 0.3) is 0 Å². The van der Waals surface area contributed by atoms with E-state index in [4.69, 9.17) is 28.3 Å². The fourth-order valence-electron chi connectivity index (χ4n) is 2.61. The maximum absolute atomic E-state index is 11.1. The molecule has 0 saturated carbocycles. The Balaban J connectivity index is 2.13. The standard InChI is InChI=1S/C19H16Cl2N2O2/c1-11-3-6-15-17(8-12(2)19(24)25)22-23(18(15)7-11)10-13-4-5-14(20)9-16(13)21/h3-9H,10H2,1-2H3,(H,24,25)/b12-8+. The first kappa shape index (κ1) is 17.5. The molecule has 0 bridgehead atoms. The zero-order chi connectivity index (χ0) is 18.1. The zero-order valence-corrected chi connectivity index (χ0v) is 15.3. The smallest absolute Gasteiger partial charge is 0.331 e. The van der Waals surface area contributed by atoms with Gasteiger partial charge >= 0.3 is 5.97 Å². The molecule has 4 nitrogen and oxygen atoms in total. The molecule has 25 heavy (non-hydrogen) atoms. The second-order valence-corrected chi connectivity index (χ2v) is 6.78. The van der Waals surface area contributed by atoms with E-state index in [0.717, 1.165) is 22.0 Å². The molecule has 0 spiro atoms. The first-order valence-corrected chi connectivity index (χ1v) is 8.43. The third-order valence-corrected chi connectivity index (χ3v) is 4.55. The third-order valence-electron chi connectivity index (χ3n) is 3.96. The van der Waals surface area contributed by atoms with E-state index in [-0.39, 0.29) is 5.57 Å². The minimum atomic E-state index is -0.962. The number of carboxylic acid groups (broad SMARTS) is 1. The Hall–Kier alpha value is -2.30. The molecule has 128 valence electrons. The molecule has 0 aliphatic carbocycles. The van der Waals surface area contributed by atoms with Gasteiger partial charge in [-0.1, -0.05) is 41.4 Å². The molecule has 6 heteroatoms. The summed E-state index contributed by atoms with van der Waals surface area (Å²) in [6, 6.07) is 11.3. The van der Waals surface area contributed by atoms with Crippen LogP contribution in [-0.4, -0.2) is 20.9 Å². The molecular formula is C19H16Cl2N2O2. The first-order valence-electron chi connectivity index (χ1n) is 7.68. The highest BCUT2D eigenvalue weighted by atomic mass is 35.5. The van der Waals surface area contributed by atoms with Crippen LogP contribution in [0.4, 0.5) is 0 Å². The van der Waals surface area contributed by atoms with Gasteiger partial charge in [0.1, 0.15) is 0 Å². The topological polar surface area (TPSA) is 55.1 Å². The van der Waals surface area contributed by atoms with Gasteiger partial charge in [-0.2, -0.15) is 5.10 Å². The van der Waals surface area contributed by atoms with Crippen LogP contribution in [0.3, 0.4) is 0 Å². The van der Waals surface area contributed by atoms with E-state index in [1.54, 1.807) is 25.1 Å². The number of halogens is 2. The average molecular weight is 375 g/mol. The van der Waals surface area contributed by atoms with Gasteiger partial charge < -0.3 is 5.11 Å². The zero-order valence-electron chi connectivity index (χ0n) is 13.8. The number of hydrogen-bond donors (Lipinski definition) is 1. The summed E-state index contributed by atoms with van der Waals surface area (Å²) in [5, 5.41) is 15.8. The van der Waals surface area contributed by atoms with E-state index in [1.165, 1.54) is 0 Å². The van der Waals surface area contributed by atoms with Crippen LogP contribution in [0.15, 0.2) is 42.0 Å². The molecule has 0 radical (unpaired) electrons. The van der Waals surface area contributed by atoms with Crippen molar-refractivity contribution in [3.63, 3.8) is 0 Å². The predicted molar refractivity (Wildman–Crippen MR) is 101 cm³/mol. The van der Waals surface area contributed by atoms with Crippen molar-refractivity contribution in [1.82, 2.24) is 9.78 Å². The fourth-order valence-corrected chi connectivity index (χ4v) is 3.08. The predicted octanol–water partition coefficient (Wildman–Crippen LogP) is 5.19.